The molecule has 2 heterocycles. The Kier molecular flexibility index (Phi) is 5.85. The molecular weight excluding hydrogens is 316 g/mol. The van der Waals surface area contributed by atoms with Crippen molar-refractivity contribution in [2.45, 2.75) is 18.9 Å². The number of nitrogens with one attached hydrogen (secondary N) is 2. The summed E-state index contributed by atoms with van der Waals surface area (Å²) >= 11 is 0. The first-order valence-corrected chi connectivity index (χ1v) is 7.81. The van der Waals surface area contributed by atoms with Crippen LogP contribution in [0.15, 0.2) is 24.3 Å². The van der Waals surface area contributed by atoms with Crippen LogP contribution in [0.1, 0.15) is 23.2 Å². The van der Waals surface area contributed by atoms with Gasteiger partial charge in [0.2, 0.25) is 0 Å². The van der Waals surface area contributed by atoms with Crippen LogP contribution < -0.4 is 15.5 Å². The maximum absolute atomic E-state index is 12.6. The lowest BCUT2D eigenvalue weighted by atomic mass is 10.1. The van der Waals surface area contributed by atoms with Gasteiger partial charge in [0.15, 0.2) is 0 Å². The summed E-state index contributed by atoms with van der Waals surface area (Å²) in [6.07, 6.45) is 2.11. The van der Waals surface area contributed by atoms with Crippen molar-refractivity contribution < 1.29 is 9.59 Å². The maximum atomic E-state index is 12.6. The van der Waals surface area contributed by atoms with Crippen LogP contribution in [0.5, 0.6) is 0 Å². The van der Waals surface area contributed by atoms with E-state index in [0.717, 1.165) is 31.6 Å². The minimum Gasteiger partial charge on any atom is -0.336 e. The van der Waals surface area contributed by atoms with E-state index < -0.39 is 0 Å². The SMILES string of the molecule is CNCC1CCCN1C(=O)c1ccc(N2CCNC2=O)cc1.Cl. The molecule has 2 saturated heterocycles. The van der Waals surface area contributed by atoms with Crippen molar-refractivity contribution in [2.75, 3.05) is 38.1 Å². The van der Waals surface area contributed by atoms with E-state index in [2.05, 4.69) is 10.6 Å². The molecule has 3 rings (SSSR count). The van der Waals surface area contributed by atoms with Crippen LogP contribution in [0.2, 0.25) is 0 Å². The lowest BCUT2D eigenvalue weighted by Crippen LogP contribution is -2.40. The molecule has 1 atom stereocenters. The molecule has 0 saturated carbocycles. The van der Waals surface area contributed by atoms with Gasteiger partial charge in [-0.1, -0.05) is 0 Å². The smallest absolute Gasteiger partial charge is 0.321 e. The van der Waals surface area contributed by atoms with Gasteiger partial charge >= 0.3 is 6.03 Å². The van der Waals surface area contributed by atoms with E-state index in [1.165, 1.54) is 0 Å². The lowest BCUT2D eigenvalue weighted by molar-refractivity contribution is 0.0737. The molecule has 0 bridgehead atoms. The third kappa shape index (κ3) is 3.59. The molecule has 7 heteroatoms. The number of halogens is 1. The van der Waals surface area contributed by atoms with Crippen LogP contribution in [-0.4, -0.2) is 56.1 Å². The van der Waals surface area contributed by atoms with Gasteiger partial charge in [-0.25, -0.2) is 4.79 Å². The number of benzene rings is 1. The Bertz CT molecular complexity index is 564. The molecule has 2 aliphatic heterocycles. The zero-order valence-electron chi connectivity index (χ0n) is 13.2. The summed E-state index contributed by atoms with van der Waals surface area (Å²) in [6.45, 7) is 2.99. The van der Waals surface area contributed by atoms with Gasteiger partial charge in [0.05, 0.1) is 0 Å². The second kappa shape index (κ2) is 7.66. The number of amides is 3. The summed E-state index contributed by atoms with van der Waals surface area (Å²) in [5.74, 6) is 0.0789. The lowest BCUT2D eigenvalue weighted by Gasteiger charge is -2.25. The monoisotopic (exact) mass is 338 g/mol. The van der Waals surface area contributed by atoms with Gasteiger partial charge in [0.25, 0.3) is 5.91 Å². The molecule has 23 heavy (non-hydrogen) atoms. The number of hydrogen-bond acceptors (Lipinski definition) is 3. The van der Waals surface area contributed by atoms with E-state index in [-0.39, 0.29) is 30.4 Å². The largest absolute Gasteiger partial charge is 0.336 e. The Morgan fingerprint density at radius 1 is 1.30 bits per heavy atom. The van der Waals surface area contributed by atoms with Crippen LogP contribution in [0, 0.1) is 0 Å². The first-order chi connectivity index (χ1) is 10.7. The third-order valence-electron chi connectivity index (χ3n) is 4.36. The highest BCUT2D eigenvalue weighted by Gasteiger charge is 2.29. The molecule has 126 valence electrons. The third-order valence-corrected chi connectivity index (χ3v) is 4.36. The number of rotatable bonds is 4. The van der Waals surface area contributed by atoms with Crippen molar-refractivity contribution in [3.05, 3.63) is 29.8 Å². The van der Waals surface area contributed by atoms with E-state index >= 15 is 0 Å². The summed E-state index contributed by atoms with van der Waals surface area (Å²) < 4.78 is 0. The Hall–Kier alpha value is -1.79. The van der Waals surface area contributed by atoms with Crippen LogP contribution in [0.3, 0.4) is 0 Å². The second-order valence-corrected chi connectivity index (χ2v) is 5.78. The zero-order valence-corrected chi connectivity index (χ0v) is 14.1. The number of likely N-dealkylation sites (tertiary alicyclic amines) is 1. The Morgan fingerprint density at radius 3 is 2.65 bits per heavy atom. The quantitative estimate of drug-likeness (QED) is 0.873. The zero-order chi connectivity index (χ0) is 15.5. The highest BCUT2D eigenvalue weighted by Crippen LogP contribution is 2.22. The maximum Gasteiger partial charge on any atom is 0.321 e. The molecule has 2 fully saturated rings. The molecule has 0 aliphatic carbocycles. The van der Waals surface area contributed by atoms with Crippen molar-refractivity contribution >= 4 is 30.0 Å². The van der Waals surface area contributed by atoms with Gasteiger partial charge < -0.3 is 15.5 Å². The predicted octanol–water partition coefficient (Wildman–Crippen LogP) is 1.46. The molecule has 6 nitrogen and oxygen atoms in total. The van der Waals surface area contributed by atoms with Crippen molar-refractivity contribution in [3.63, 3.8) is 0 Å². The topological polar surface area (TPSA) is 64.7 Å². The van der Waals surface area contributed by atoms with Gasteiger partial charge in [0, 0.05) is 43.5 Å². The number of urea groups is 1. The highest BCUT2D eigenvalue weighted by atomic mass is 35.5. The van der Waals surface area contributed by atoms with Crippen molar-refractivity contribution in [1.29, 1.82) is 0 Å². The molecule has 1 aromatic carbocycles. The Balaban J connectivity index is 0.00000192. The average Bonchev–Trinajstić information content (AvgIpc) is 3.16. The molecule has 1 aromatic rings. The summed E-state index contributed by atoms with van der Waals surface area (Å²) in [4.78, 5) is 27.9. The fourth-order valence-electron chi connectivity index (χ4n) is 3.22. The molecule has 1 unspecified atom stereocenters. The molecule has 3 amide bonds. The summed E-state index contributed by atoms with van der Waals surface area (Å²) in [5.41, 5.74) is 1.52. The normalized spacial score (nSPS) is 20.4. The minimum atomic E-state index is -0.0762. The van der Waals surface area contributed by atoms with Gasteiger partial charge in [0.1, 0.15) is 0 Å². The Labute approximate surface area is 142 Å². The fourth-order valence-corrected chi connectivity index (χ4v) is 3.22. The summed E-state index contributed by atoms with van der Waals surface area (Å²) in [7, 11) is 1.91. The van der Waals surface area contributed by atoms with Crippen LogP contribution in [0.25, 0.3) is 0 Å². The van der Waals surface area contributed by atoms with Gasteiger partial charge in [-0.05, 0) is 44.2 Å². The molecule has 0 spiro atoms. The predicted molar refractivity (Wildman–Crippen MR) is 92.4 cm³/mol. The van der Waals surface area contributed by atoms with E-state index in [1.54, 1.807) is 4.90 Å². The highest BCUT2D eigenvalue weighted by molar-refractivity contribution is 5.97. The molecule has 2 aliphatic rings. The van der Waals surface area contributed by atoms with E-state index in [9.17, 15) is 9.59 Å². The Morgan fingerprint density at radius 2 is 2.04 bits per heavy atom. The minimum absolute atomic E-state index is 0. The van der Waals surface area contributed by atoms with E-state index in [4.69, 9.17) is 0 Å². The summed E-state index contributed by atoms with van der Waals surface area (Å²) in [5, 5.41) is 5.93. The summed E-state index contributed by atoms with van der Waals surface area (Å²) in [6, 6.07) is 7.53. The number of nitrogens with zero attached hydrogens (tertiary/aromatic N) is 2. The fraction of sp³-hybridized carbons (Fsp3) is 0.500. The second-order valence-electron chi connectivity index (χ2n) is 5.78. The van der Waals surface area contributed by atoms with Crippen LogP contribution in [0.4, 0.5) is 10.5 Å². The van der Waals surface area contributed by atoms with Gasteiger partial charge in [-0.15, -0.1) is 12.4 Å². The van der Waals surface area contributed by atoms with E-state index in [0.29, 0.717) is 18.7 Å². The van der Waals surface area contributed by atoms with Crippen molar-refractivity contribution in [2.24, 2.45) is 0 Å². The van der Waals surface area contributed by atoms with Crippen molar-refractivity contribution in [3.8, 4) is 0 Å². The molecule has 0 aromatic heterocycles. The van der Waals surface area contributed by atoms with Crippen molar-refractivity contribution in [1.82, 2.24) is 15.5 Å². The molecule has 2 N–H and O–H groups in total. The van der Waals surface area contributed by atoms with Crippen LogP contribution >= 0.6 is 12.4 Å². The molecular formula is C16H23ClN4O2. The average molecular weight is 339 g/mol. The first-order valence-electron chi connectivity index (χ1n) is 7.81. The first kappa shape index (κ1) is 17.6. The number of likely N-dealkylation sites (N-methyl/N-ethyl adjacent to an activating group) is 1. The van der Waals surface area contributed by atoms with Gasteiger partial charge in [-0.2, -0.15) is 0 Å². The standard InChI is InChI=1S/C16H22N4O2.ClH/c1-17-11-14-3-2-9-19(14)15(21)12-4-6-13(7-5-12)20-10-8-18-16(20)22;/h4-7,14,17H,2-3,8-11H2,1H3,(H,18,22);1H. The molecule has 0 radical (unpaired) electrons. The number of carbonyl (C=O) groups excluding carboxylic acids is 2. The van der Waals surface area contributed by atoms with Crippen LogP contribution in [-0.2, 0) is 0 Å². The van der Waals surface area contributed by atoms with Gasteiger partial charge in [-0.3, -0.25) is 9.69 Å². The number of hydrogen-bond donors (Lipinski definition) is 2. The number of anilines is 1. The van der Waals surface area contributed by atoms with E-state index in [1.807, 2.05) is 36.2 Å². The number of carbonyl (C=O) groups is 2.